The highest BCUT2D eigenvalue weighted by Gasteiger charge is 2.40. The van der Waals surface area contributed by atoms with Crippen LogP contribution in [0, 0.1) is 5.92 Å². The van der Waals surface area contributed by atoms with Crippen molar-refractivity contribution in [2.45, 2.75) is 83.3 Å². The first-order chi connectivity index (χ1) is 17.8. The lowest BCUT2D eigenvalue weighted by molar-refractivity contribution is -0.150. The van der Waals surface area contributed by atoms with Crippen LogP contribution in [0.1, 0.15) is 46.1 Å². The van der Waals surface area contributed by atoms with E-state index in [-0.39, 0.29) is 25.3 Å². The van der Waals surface area contributed by atoms with Gasteiger partial charge in [0.1, 0.15) is 24.2 Å². The van der Waals surface area contributed by atoms with Gasteiger partial charge in [0, 0.05) is 13.0 Å². The molecule has 0 saturated carbocycles. The van der Waals surface area contributed by atoms with Crippen LogP contribution in [0.3, 0.4) is 0 Å². The van der Waals surface area contributed by atoms with E-state index < -0.39 is 65.9 Å². The average Bonchev–Trinajstić information content (AvgIpc) is 3.36. The number of benzene rings is 1. The van der Waals surface area contributed by atoms with Crippen molar-refractivity contribution in [3.8, 4) is 0 Å². The van der Waals surface area contributed by atoms with Crippen LogP contribution < -0.4 is 21.7 Å². The van der Waals surface area contributed by atoms with Crippen molar-refractivity contribution in [2.75, 3.05) is 6.54 Å². The zero-order valence-electron chi connectivity index (χ0n) is 22.2. The summed E-state index contributed by atoms with van der Waals surface area (Å²) in [5, 5.41) is 27.4. The predicted molar refractivity (Wildman–Crippen MR) is 138 cm³/mol. The summed E-state index contributed by atoms with van der Waals surface area (Å²) < 4.78 is 0. The molecule has 1 fully saturated rings. The molecule has 12 nitrogen and oxygen atoms in total. The van der Waals surface area contributed by atoms with Gasteiger partial charge in [0.15, 0.2) is 0 Å². The van der Waals surface area contributed by atoms with E-state index in [2.05, 4.69) is 16.0 Å². The largest absolute Gasteiger partial charge is 0.480 e. The van der Waals surface area contributed by atoms with Crippen molar-refractivity contribution >= 4 is 29.6 Å². The highest BCUT2D eigenvalue weighted by atomic mass is 16.4. The Morgan fingerprint density at radius 3 is 2.16 bits per heavy atom. The Morgan fingerprint density at radius 1 is 0.974 bits per heavy atom. The smallest absolute Gasteiger partial charge is 0.326 e. The normalized spacial score (nSPS) is 19.1. The maximum Gasteiger partial charge on any atom is 0.326 e. The minimum Gasteiger partial charge on any atom is -0.480 e. The summed E-state index contributed by atoms with van der Waals surface area (Å²) in [7, 11) is 0. The molecule has 1 aromatic carbocycles. The molecule has 0 radical (unpaired) electrons. The summed E-state index contributed by atoms with van der Waals surface area (Å²) in [5.41, 5.74) is 6.57. The second-order valence-electron chi connectivity index (χ2n) is 10.0. The molecule has 4 amide bonds. The van der Waals surface area contributed by atoms with E-state index in [1.807, 2.05) is 0 Å². The number of aliphatic carboxylic acids is 1. The Kier molecular flexibility index (Phi) is 11.2. The summed E-state index contributed by atoms with van der Waals surface area (Å²) in [6.45, 7) is 6.51. The van der Waals surface area contributed by atoms with Crippen LogP contribution >= 0.6 is 0 Å². The van der Waals surface area contributed by atoms with E-state index in [4.69, 9.17) is 5.73 Å². The summed E-state index contributed by atoms with van der Waals surface area (Å²) in [4.78, 5) is 64.4. The third-order valence-corrected chi connectivity index (χ3v) is 6.56. The molecule has 1 aliphatic heterocycles. The van der Waals surface area contributed by atoms with Crippen LogP contribution in [0.4, 0.5) is 0 Å². The number of hydrogen-bond donors (Lipinski definition) is 6. The van der Waals surface area contributed by atoms with Gasteiger partial charge in [0.2, 0.25) is 23.6 Å². The van der Waals surface area contributed by atoms with E-state index in [1.165, 1.54) is 13.8 Å². The van der Waals surface area contributed by atoms with Gasteiger partial charge in [-0.2, -0.15) is 0 Å². The summed E-state index contributed by atoms with van der Waals surface area (Å²) in [5.74, 6) is -3.92. The standard InChI is InChI=1S/C26H39N5O7/c1-14(2)20(27)24(35)28-15(3)22(33)29-18(13-17-9-6-5-7-10-17)23(34)30-21(16(4)32)25(36)31-12-8-11-19(31)26(37)38/h5-7,9-10,14-16,18-21,32H,8,11-13,27H2,1-4H3,(H,28,35)(H,29,33)(H,30,34)(H,37,38)/t15-,16+,18-,19-,20-,21-/m0/s1. The first kappa shape index (κ1) is 30.7. The fourth-order valence-electron chi connectivity index (χ4n) is 4.14. The molecule has 0 aliphatic carbocycles. The number of aliphatic hydroxyl groups excluding tert-OH is 1. The van der Waals surface area contributed by atoms with Gasteiger partial charge in [-0.25, -0.2) is 4.79 Å². The number of rotatable bonds is 12. The van der Waals surface area contributed by atoms with Crippen LogP contribution in [0.2, 0.25) is 0 Å². The quantitative estimate of drug-likeness (QED) is 0.200. The highest BCUT2D eigenvalue weighted by Crippen LogP contribution is 2.19. The molecule has 0 bridgehead atoms. The molecule has 38 heavy (non-hydrogen) atoms. The van der Waals surface area contributed by atoms with Crippen molar-refractivity contribution in [1.29, 1.82) is 0 Å². The van der Waals surface area contributed by atoms with Gasteiger partial charge in [0.25, 0.3) is 0 Å². The number of amides is 4. The number of aliphatic hydroxyl groups is 1. The molecule has 7 N–H and O–H groups in total. The van der Waals surface area contributed by atoms with Gasteiger partial charge >= 0.3 is 5.97 Å². The van der Waals surface area contributed by atoms with E-state index in [0.717, 1.165) is 10.5 Å². The van der Waals surface area contributed by atoms with Gasteiger partial charge in [0.05, 0.1) is 12.1 Å². The van der Waals surface area contributed by atoms with E-state index in [1.54, 1.807) is 44.2 Å². The second-order valence-corrected chi connectivity index (χ2v) is 10.0. The van der Waals surface area contributed by atoms with Gasteiger partial charge in [-0.3, -0.25) is 19.2 Å². The molecule has 6 atom stereocenters. The van der Waals surface area contributed by atoms with E-state index >= 15 is 0 Å². The fraction of sp³-hybridized carbons (Fsp3) is 0.577. The molecule has 0 unspecified atom stereocenters. The molecule has 1 heterocycles. The number of carboxylic acid groups (broad SMARTS) is 1. The number of carbonyl (C=O) groups is 5. The number of nitrogens with one attached hydrogen (secondary N) is 3. The molecule has 0 aromatic heterocycles. The summed E-state index contributed by atoms with van der Waals surface area (Å²) in [6, 6.07) is 3.42. The lowest BCUT2D eigenvalue weighted by atomic mass is 10.0. The molecular formula is C26H39N5O7. The molecule has 1 aliphatic rings. The summed E-state index contributed by atoms with van der Waals surface area (Å²) >= 11 is 0. The van der Waals surface area contributed by atoms with E-state index in [9.17, 15) is 34.2 Å². The van der Waals surface area contributed by atoms with Crippen LogP contribution in [0.5, 0.6) is 0 Å². The Morgan fingerprint density at radius 2 is 1.61 bits per heavy atom. The number of hydrogen-bond acceptors (Lipinski definition) is 7. The van der Waals surface area contributed by atoms with Crippen LogP contribution in [-0.2, 0) is 30.4 Å². The maximum absolute atomic E-state index is 13.3. The monoisotopic (exact) mass is 533 g/mol. The maximum atomic E-state index is 13.3. The fourth-order valence-corrected chi connectivity index (χ4v) is 4.14. The van der Waals surface area contributed by atoms with Crippen LogP contribution in [0.15, 0.2) is 30.3 Å². The number of likely N-dealkylation sites (tertiary alicyclic amines) is 1. The molecular weight excluding hydrogens is 494 g/mol. The molecule has 0 spiro atoms. The van der Waals surface area contributed by atoms with Crippen LogP contribution in [-0.4, -0.2) is 87.6 Å². The van der Waals surface area contributed by atoms with Gasteiger partial charge in [-0.05, 0) is 38.2 Å². The number of nitrogens with two attached hydrogens (primary N) is 1. The second kappa shape index (κ2) is 13.9. The molecule has 1 saturated heterocycles. The zero-order valence-corrected chi connectivity index (χ0v) is 22.2. The van der Waals surface area contributed by atoms with Crippen molar-refractivity contribution in [3.05, 3.63) is 35.9 Å². The lowest BCUT2D eigenvalue weighted by Gasteiger charge is -2.30. The van der Waals surface area contributed by atoms with Crippen molar-refractivity contribution < 1.29 is 34.2 Å². The Bertz CT molecular complexity index is 1000. The number of nitrogens with zero attached hydrogens (tertiary/aromatic N) is 1. The molecule has 12 heteroatoms. The molecule has 210 valence electrons. The van der Waals surface area contributed by atoms with Crippen molar-refractivity contribution in [2.24, 2.45) is 11.7 Å². The van der Waals surface area contributed by atoms with E-state index in [0.29, 0.717) is 6.42 Å². The Hall–Kier alpha value is -3.51. The first-order valence-corrected chi connectivity index (χ1v) is 12.7. The minimum atomic E-state index is -1.42. The Balaban J connectivity index is 2.20. The van der Waals surface area contributed by atoms with Gasteiger partial charge < -0.3 is 36.8 Å². The molecule has 2 rings (SSSR count). The Labute approximate surface area is 222 Å². The van der Waals surface area contributed by atoms with Gasteiger partial charge in [-0.15, -0.1) is 0 Å². The highest BCUT2D eigenvalue weighted by molar-refractivity contribution is 5.95. The third-order valence-electron chi connectivity index (χ3n) is 6.56. The SMILES string of the molecule is CC(C)[C@H](N)C(=O)N[C@@H](C)C(=O)N[C@@H](Cc1ccccc1)C(=O)N[C@H](C(=O)N1CCC[C@H]1C(=O)O)[C@@H](C)O. The zero-order chi connectivity index (χ0) is 28.6. The summed E-state index contributed by atoms with van der Waals surface area (Å²) in [6.07, 6.45) is -0.504. The topological polar surface area (TPSA) is 191 Å². The third kappa shape index (κ3) is 8.25. The lowest BCUT2D eigenvalue weighted by Crippen LogP contribution is -2.60. The average molecular weight is 534 g/mol. The number of carbonyl (C=O) groups excluding carboxylic acids is 4. The van der Waals surface area contributed by atoms with Gasteiger partial charge in [-0.1, -0.05) is 44.2 Å². The first-order valence-electron chi connectivity index (χ1n) is 12.7. The molecule has 1 aromatic rings. The van der Waals surface area contributed by atoms with Crippen molar-refractivity contribution in [3.63, 3.8) is 0 Å². The minimum absolute atomic E-state index is 0.0623. The number of carboxylic acids is 1. The van der Waals surface area contributed by atoms with Crippen molar-refractivity contribution in [1.82, 2.24) is 20.9 Å². The predicted octanol–water partition coefficient (Wildman–Crippen LogP) is -0.857. The van der Waals surface area contributed by atoms with Crippen LogP contribution in [0.25, 0.3) is 0 Å².